The van der Waals surface area contributed by atoms with Crippen molar-refractivity contribution in [3.05, 3.63) is 46.4 Å². The molecule has 0 atom stereocenters. The zero-order chi connectivity index (χ0) is 12.3. The molecule has 0 fully saturated rings. The van der Waals surface area contributed by atoms with E-state index in [4.69, 9.17) is 0 Å². The number of benzene rings is 1. The summed E-state index contributed by atoms with van der Waals surface area (Å²) in [7, 11) is 1.89. The maximum Gasteiger partial charge on any atom is 0.148 e. The summed E-state index contributed by atoms with van der Waals surface area (Å²) in [6.07, 6.45) is 2.59. The van der Waals surface area contributed by atoms with Crippen LogP contribution in [-0.4, -0.2) is 23.4 Å². The monoisotopic (exact) mass is 297 g/mol. The van der Waals surface area contributed by atoms with Crippen molar-refractivity contribution in [3.63, 3.8) is 0 Å². The highest BCUT2D eigenvalue weighted by Crippen LogP contribution is 2.19. The second kappa shape index (κ2) is 5.42. The molecule has 0 spiro atoms. The van der Waals surface area contributed by atoms with Gasteiger partial charge in [0.1, 0.15) is 11.5 Å². The largest absolute Gasteiger partial charge is 0.319 e. The molecule has 0 unspecified atom stereocenters. The predicted octanol–water partition coefficient (Wildman–Crippen LogP) is 2.54. The van der Waals surface area contributed by atoms with E-state index in [1.165, 1.54) is 6.07 Å². The second-order valence-corrected chi connectivity index (χ2v) is 4.53. The maximum atomic E-state index is 13.6. The molecule has 3 nitrogen and oxygen atoms in total. The van der Waals surface area contributed by atoms with Gasteiger partial charge in [-0.2, -0.15) is 5.10 Å². The van der Waals surface area contributed by atoms with E-state index >= 15 is 0 Å². The van der Waals surface area contributed by atoms with E-state index in [-0.39, 0.29) is 5.82 Å². The van der Waals surface area contributed by atoms with Gasteiger partial charge in [-0.15, -0.1) is 0 Å². The fraction of sp³-hybridized carbons (Fsp3) is 0.250. The maximum absolute atomic E-state index is 13.6. The fourth-order valence-electron chi connectivity index (χ4n) is 1.56. The van der Waals surface area contributed by atoms with Crippen LogP contribution in [-0.2, 0) is 6.42 Å². The van der Waals surface area contributed by atoms with Crippen LogP contribution in [0.15, 0.2) is 34.9 Å². The van der Waals surface area contributed by atoms with Crippen LogP contribution in [0.3, 0.4) is 0 Å². The minimum Gasteiger partial charge on any atom is -0.319 e. The molecule has 0 bridgehead atoms. The molecule has 1 aromatic carbocycles. The standard InChI is InChI=1S/C12H13BrFN3/c1-15-7-6-11-9(13)8-17(16-11)12-5-3-2-4-10(12)14/h2-5,8,15H,6-7H2,1H3. The minimum atomic E-state index is -0.275. The van der Waals surface area contributed by atoms with Crippen molar-refractivity contribution in [1.29, 1.82) is 0 Å². The molecule has 17 heavy (non-hydrogen) atoms. The predicted molar refractivity (Wildman–Crippen MR) is 68.9 cm³/mol. The number of aromatic nitrogens is 2. The number of para-hydroxylation sites is 1. The number of hydrogen-bond donors (Lipinski definition) is 1. The van der Waals surface area contributed by atoms with Gasteiger partial charge >= 0.3 is 0 Å². The normalized spacial score (nSPS) is 10.8. The van der Waals surface area contributed by atoms with Crippen LogP contribution < -0.4 is 5.32 Å². The Labute approximate surface area is 108 Å². The molecule has 2 aromatic rings. The fourth-order valence-corrected chi connectivity index (χ4v) is 2.03. The smallest absolute Gasteiger partial charge is 0.148 e. The molecule has 0 aliphatic heterocycles. The first kappa shape index (κ1) is 12.3. The average Bonchev–Trinajstić information content (AvgIpc) is 2.68. The Morgan fingerprint density at radius 1 is 1.41 bits per heavy atom. The quantitative estimate of drug-likeness (QED) is 0.940. The van der Waals surface area contributed by atoms with Crippen molar-refractivity contribution in [2.24, 2.45) is 0 Å². The highest BCUT2D eigenvalue weighted by Gasteiger charge is 2.09. The molecular weight excluding hydrogens is 285 g/mol. The molecule has 90 valence electrons. The summed E-state index contributed by atoms with van der Waals surface area (Å²) in [4.78, 5) is 0. The second-order valence-electron chi connectivity index (χ2n) is 3.67. The molecule has 2 rings (SSSR count). The summed E-state index contributed by atoms with van der Waals surface area (Å²) in [6.45, 7) is 0.840. The summed E-state index contributed by atoms with van der Waals surface area (Å²) in [5.41, 5.74) is 1.38. The van der Waals surface area contributed by atoms with Crippen LogP contribution in [0.4, 0.5) is 4.39 Å². The highest BCUT2D eigenvalue weighted by atomic mass is 79.9. The lowest BCUT2D eigenvalue weighted by atomic mass is 10.3. The summed E-state index contributed by atoms with van der Waals surface area (Å²) < 4.78 is 16.0. The molecular formula is C12H13BrFN3. The molecule has 0 saturated heterocycles. The van der Waals surface area contributed by atoms with E-state index in [1.54, 1.807) is 29.1 Å². The third kappa shape index (κ3) is 2.73. The Morgan fingerprint density at radius 3 is 2.88 bits per heavy atom. The Balaban J connectivity index is 2.31. The Bertz CT molecular complexity index is 510. The first-order valence-electron chi connectivity index (χ1n) is 5.36. The minimum absolute atomic E-state index is 0.275. The van der Waals surface area contributed by atoms with Gasteiger partial charge in [0.2, 0.25) is 0 Å². The van der Waals surface area contributed by atoms with Crippen molar-refractivity contribution >= 4 is 15.9 Å². The first-order valence-corrected chi connectivity index (χ1v) is 6.15. The first-order chi connectivity index (χ1) is 8.22. The van der Waals surface area contributed by atoms with Crippen LogP contribution in [0.2, 0.25) is 0 Å². The van der Waals surface area contributed by atoms with Crippen molar-refractivity contribution in [1.82, 2.24) is 15.1 Å². The number of hydrogen-bond acceptors (Lipinski definition) is 2. The third-order valence-corrected chi connectivity index (χ3v) is 3.11. The van der Waals surface area contributed by atoms with E-state index in [0.717, 1.165) is 23.1 Å². The molecule has 5 heteroatoms. The van der Waals surface area contributed by atoms with Crippen molar-refractivity contribution in [2.75, 3.05) is 13.6 Å². The Kier molecular flexibility index (Phi) is 3.91. The Morgan fingerprint density at radius 2 is 2.18 bits per heavy atom. The number of rotatable bonds is 4. The van der Waals surface area contributed by atoms with Crippen molar-refractivity contribution < 1.29 is 4.39 Å². The zero-order valence-corrected chi connectivity index (χ0v) is 11.0. The van der Waals surface area contributed by atoms with Gasteiger partial charge in [-0.3, -0.25) is 0 Å². The van der Waals surface area contributed by atoms with Crippen molar-refractivity contribution in [2.45, 2.75) is 6.42 Å². The summed E-state index contributed by atoms with van der Waals surface area (Å²) in [6, 6.07) is 6.59. The van der Waals surface area contributed by atoms with Gasteiger partial charge in [0, 0.05) is 19.2 Å². The highest BCUT2D eigenvalue weighted by molar-refractivity contribution is 9.10. The lowest BCUT2D eigenvalue weighted by Crippen LogP contribution is -2.11. The van der Waals surface area contributed by atoms with Crippen LogP contribution in [0.5, 0.6) is 0 Å². The van der Waals surface area contributed by atoms with E-state index in [0.29, 0.717) is 5.69 Å². The van der Waals surface area contributed by atoms with Crippen molar-refractivity contribution in [3.8, 4) is 5.69 Å². The Hall–Kier alpha value is -1.20. The number of halogens is 2. The summed E-state index contributed by atoms with van der Waals surface area (Å²) in [5.74, 6) is -0.275. The SMILES string of the molecule is CNCCc1nn(-c2ccccc2F)cc1Br. The van der Waals surface area contributed by atoms with Crippen LogP contribution in [0.1, 0.15) is 5.69 Å². The van der Waals surface area contributed by atoms with Gasteiger partial charge in [0.15, 0.2) is 0 Å². The molecule has 1 aromatic heterocycles. The average molecular weight is 298 g/mol. The van der Waals surface area contributed by atoms with Gasteiger partial charge < -0.3 is 5.32 Å². The van der Waals surface area contributed by atoms with Gasteiger partial charge in [-0.05, 0) is 35.1 Å². The topological polar surface area (TPSA) is 29.9 Å². The van der Waals surface area contributed by atoms with E-state index in [1.807, 2.05) is 7.05 Å². The number of nitrogens with zero attached hydrogens (tertiary/aromatic N) is 2. The molecule has 1 N–H and O–H groups in total. The molecule has 0 saturated carbocycles. The summed E-state index contributed by atoms with van der Waals surface area (Å²) >= 11 is 3.44. The van der Waals surface area contributed by atoms with E-state index < -0.39 is 0 Å². The van der Waals surface area contributed by atoms with Gasteiger partial charge in [-0.1, -0.05) is 12.1 Å². The zero-order valence-electron chi connectivity index (χ0n) is 9.45. The summed E-state index contributed by atoms with van der Waals surface area (Å²) in [5, 5.41) is 7.43. The van der Waals surface area contributed by atoms with E-state index in [2.05, 4.69) is 26.3 Å². The molecule has 0 radical (unpaired) electrons. The molecule has 0 aliphatic carbocycles. The molecule has 0 amide bonds. The van der Waals surface area contributed by atoms with Gasteiger partial charge in [-0.25, -0.2) is 9.07 Å². The van der Waals surface area contributed by atoms with Gasteiger partial charge in [0.05, 0.1) is 10.2 Å². The number of nitrogens with one attached hydrogen (secondary N) is 1. The van der Waals surface area contributed by atoms with Crippen LogP contribution in [0, 0.1) is 5.82 Å². The van der Waals surface area contributed by atoms with Crippen LogP contribution >= 0.6 is 15.9 Å². The molecule has 1 heterocycles. The lowest BCUT2D eigenvalue weighted by molar-refractivity contribution is 0.609. The third-order valence-electron chi connectivity index (χ3n) is 2.45. The van der Waals surface area contributed by atoms with Gasteiger partial charge in [0.25, 0.3) is 0 Å². The lowest BCUT2D eigenvalue weighted by Gasteiger charge is -2.01. The van der Waals surface area contributed by atoms with Crippen LogP contribution in [0.25, 0.3) is 5.69 Å². The number of likely N-dealkylation sites (N-methyl/N-ethyl adjacent to an activating group) is 1. The molecule has 0 aliphatic rings. The van der Waals surface area contributed by atoms with E-state index in [9.17, 15) is 4.39 Å².